The Morgan fingerprint density at radius 1 is 1.61 bits per heavy atom. The van der Waals surface area contributed by atoms with Crippen LogP contribution in [0.1, 0.15) is 13.2 Å². The maximum atomic E-state index is 15.0. The molecule has 1 aliphatic heterocycles. The van der Waals surface area contributed by atoms with Gasteiger partial charge in [0.1, 0.15) is 12.8 Å². The summed E-state index contributed by atoms with van der Waals surface area (Å²) in [6, 6.07) is 0. The molecule has 1 aliphatic rings. The predicted octanol–water partition coefficient (Wildman–Crippen LogP) is -0.980. The van der Waals surface area contributed by atoms with Gasteiger partial charge < -0.3 is 20.7 Å². The smallest absolute Gasteiger partial charge is 0.280 e. The van der Waals surface area contributed by atoms with Gasteiger partial charge in [-0.05, 0) is 6.92 Å². The van der Waals surface area contributed by atoms with Gasteiger partial charge >= 0.3 is 0 Å². The predicted molar refractivity (Wildman–Crippen MR) is 74.0 cm³/mol. The van der Waals surface area contributed by atoms with Crippen molar-refractivity contribution in [1.29, 1.82) is 0 Å². The highest BCUT2D eigenvalue weighted by Gasteiger charge is 2.63. The molecule has 2 aromatic heterocycles. The fourth-order valence-corrected chi connectivity index (χ4v) is 2.77. The number of halogens is 2. The maximum absolute atomic E-state index is 15.0. The number of H-pyrrole nitrogens is 1. The van der Waals surface area contributed by atoms with Crippen molar-refractivity contribution >= 4 is 17.1 Å². The topological polar surface area (TPSA) is 139 Å². The minimum atomic E-state index is -2.47. The van der Waals surface area contributed by atoms with Gasteiger partial charge in [-0.2, -0.15) is 4.98 Å². The summed E-state index contributed by atoms with van der Waals surface area (Å²) < 4.78 is 34.6. The number of nitrogens with two attached hydrogens (primary N) is 1. The molecule has 0 aromatic carbocycles. The Labute approximate surface area is 127 Å². The summed E-state index contributed by atoms with van der Waals surface area (Å²) in [5, 5.41) is 19.4. The molecule has 9 nitrogen and oxygen atoms in total. The van der Waals surface area contributed by atoms with Crippen molar-refractivity contribution in [1.82, 2.24) is 19.5 Å². The molecule has 1 saturated heterocycles. The minimum Gasteiger partial charge on any atom is -0.393 e. The first-order valence-corrected chi connectivity index (χ1v) is 6.71. The molecule has 126 valence electrons. The van der Waals surface area contributed by atoms with Crippen LogP contribution in [0.25, 0.3) is 11.2 Å². The second-order valence-electron chi connectivity index (χ2n) is 5.66. The zero-order chi connectivity index (χ0) is 17.0. The third-order valence-electron chi connectivity index (χ3n) is 4.06. The second-order valence-corrected chi connectivity index (χ2v) is 5.66. The summed E-state index contributed by atoms with van der Waals surface area (Å²) in [5.41, 5.74) is 0.0417. The van der Waals surface area contributed by atoms with Gasteiger partial charge in [0.2, 0.25) is 5.95 Å². The third kappa shape index (κ3) is 2.04. The molecule has 0 bridgehead atoms. The number of aromatic nitrogens is 4. The Morgan fingerprint density at radius 2 is 2.30 bits per heavy atom. The summed E-state index contributed by atoms with van der Waals surface area (Å²) in [4.78, 5) is 21.7. The second kappa shape index (κ2) is 4.94. The number of aliphatic hydroxyl groups excluding tert-OH is 2. The average Bonchev–Trinajstić information content (AvgIpc) is 2.99. The number of nitrogens with one attached hydrogen (secondary N) is 1. The van der Waals surface area contributed by atoms with E-state index in [9.17, 15) is 23.8 Å². The number of imidazole rings is 1. The number of hydrogen-bond acceptors (Lipinski definition) is 7. The third-order valence-corrected chi connectivity index (χ3v) is 4.06. The first-order valence-electron chi connectivity index (χ1n) is 6.71. The molecule has 0 aliphatic carbocycles. The molecular formula is C12H15F2N5O4. The fraction of sp³-hybridized carbons (Fsp3) is 0.583. The number of alkyl halides is 2. The number of ether oxygens (including phenoxy) is 1. The standard InChI is InChI=1S/C12H15F2N5O4/c1-11(14)8(22)12(2-13,3-20)23-9(11)19-4-16-5-6(19)17-10(15)18-7(5)21/h4,8-9,20,22H,2-3H2,1H3,(H3,15,17,18,21)/t8-,9+,11+,12+/m0/s1. The lowest BCUT2D eigenvalue weighted by Crippen LogP contribution is -2.50. The van der Waals surface area contributed by atoms with Gasteiger partial charge in [-0.25, -0.2) is 13.8 Å². The average molecular weight is 331 g/mol. The Hall–Kier alpha value is -2.11. The lowest BCUT2D eigenvalue weighted by Gasteiger charge is -2.27. The van der Waals surface area contributed by atoms with Crippen molar-refractivity contribution in [3.63, 3.8) is 0 Å². The number of aromatic amines is 1. The van der Waals surface area contributed by atoms with Crippen LogP contribution in [0.4, 0.5) is 14.7 Å². The maximum Gasteiger partial charge on any atom is 0.280 e. The van der Waals surface area contributed by atoms with Crippen molar-refractivity contribution < 1.29 is 23.7 Å². The Kier molecular flexibility index (Phi) is 3.39. The van der Waals surface area contributed by atoms with Crippen molar-refractivity contribution in [2.24, 2.45) is 0 Å². The van der Waals surface area contributed by atoms with Crippen LogP contribution in [0.15, 0.2) is 11.1 Å². The molecule has 3 rings (SSSR count). The summed E-state index contributed by atoms with van der Waals surface area (Å²) in [6.07, 6.45) is -2.42. The van der Waals surface area contributed by atoms with E-state index in [-0.39, 0.29) is 17.1 Å². The molecule has 11 heteroatoms. The van der Waals surface area contributed by atoms with E-state index in [0.717, 1.165) is 17.8 Å². The van der Waals surface area contributed by atoms with Crippen molar-refractivity contribution in [3.8, 4) is 0 Å². The monoisotopic (exact) mass is 331 g/mol. The lowest BCUT2D eigenvalue weighted by atomic mass is 9.90. The van der Waals surface area contributed by atoms with Gasteiger partial charge in [0.05, 0.1) is 12.9 Å². The van der Waals surface area contributed by atoms with E-state index in [1.54, 1.807) is 0 Å². The van der Waals surface area contributed by atoms with E-state index in [0.29, 0.717) is 0 Å². The molecule has 1 fully saturated rings. The highest BCUT2D eigenvalue weighted by molar-refractivity contribution is 5.70. The van der Waals surface area contributed by atoms with E-state index in [1.165, 1.54) is 0 Å². The molecule has 0 radical (unpaired) electrons. The number of nitrogen functional groups attached to an aromatic ring is 1. The van der Waals surface area contributed by atoms with Crippen LogP contribution in [0, 0.1) is 0 Å². The number of fused-ring (bicyclic) bond motifs is 1. The van der Waals surface area contributed by atoms with Gasteiger partial charge in [-0.1, -0.05) is 0 Å². The molecule has 4 atom stereocenters. The molecule has 0 saturated carbocycles. The first kappa shape index (κ1) is 15.8. The number of aliphatic hydroxyl groups is 2. The number of anilines is 1. The van der Waals surface area contributed by atoms with E-state index in [2.05, 4.69) is 15.0 Å². The summed E-state index contributed by atoms with van der Waals surface area (Å²) in [5.74, 6) is -0.220. The summed E-state index contributed by atoms with van der Waals surface area (Å²) in [7, 11) is 0. The van der Waals surface area contributed by atoms with Crippen LogP contribution in [0.2, 0.25) is 0 Å². The summed E-state index contributed by atoms with van der Waals surface area (Å²) in [6.45, 7) is -1.23. The number of hydrogen-bond donors (Lipinski definition) is 4. The van der Waals surface area contributed by atoms with Gasteiger partial charge in [0, 0.05) is 0 Å². The Balaban J connectivity index is 2.17. The number of nitrogens with zero attached hydrogens (tertiary/aromatic N) is 3. The molecule has 2 aromatic rings. The number of rotatable bonds is 3. The van der Waals surface area contributed by atoms with Gasteiger partial charge in [0.15, 0.2) is 28.7 Å². The normalized spacial score (nSPS) is 34.3. The van der Waals surface area contributed by atoms with Crippen LogP contribution >= 0.6 is 0 Å². The molecule has 0 amide bonds. The van der Waals surface area contributed by atoms with Gasteiger partial charge in [0.25, 0.3) is 5.56 Å². The Morgan fingerprint density at radius 3 is 2.87 bits per heavy atom. The molecule has 23 heavy (non-hydrogen) atoms. The minimum absolute atomic E-state index is 0.0834. The first-order chi connectivity index (χ1) is 10.8. The molecule has 0 unspecified atom stereocenters. The van der Waals surface area contributed by atoms with Crippen LogP contribution < -0.4 is 11.3 Å². The van der Waals surface area contributed by atoms with E-state index in [1.807, 2.05) is 0 Å². The summed E-state index contributed by atoms with van der Waals surface area (Å²) >= 11 is 0. The van der Waals surface area contributed by atoms with Crippen molar-refractivity contribution in [2.75, 3.05) is 19.0 Å². The van der Waals surface area contributed by atoms with Crippen molar-refractivity contribution in [2.45, 2.75) is 30.5 Å². The zero-order valence-electron chi connectivity index (χ0n) is 12.0. The molecule has 3 heterocycles. The Bertz CT molecular complexity index is 800. The molecule has 5 N–H and O–H groups in total. The quantitative estimate of drug-likeness (QED) is 0.567. The molecule has 0 spiro atoms. The van der Waals surface area contributed by atoms with Gasteiger partial charge in [-0.3, -0.25) is 14.3 Å². The van der Waals surface area contributed by atoms with E-state index < -0.39 is 42.4 Å². The fourth-order valence-electron chi connectivity index (χ4n) is 2.77. The van der Waals surface area contributed by atoms with Crippen molar-refractivity contribution in [3.05, 3.63) is 16.7 Å². The van der Waals surface area contributed by atoms with Crippen LogP contribution in [-0.4, -0.2) is 60.4 Å². The van der Waals surface area contributed by atoms with E-state index >= 15 is 0 Å². The highest BCUT2D eigenvalue weighted by atomic mass is 19.1. The van der Waals surface area contributed by atoms with Crippen LogP contribution in [0.3, 0.4) is 0 Å². The van der Waals surface area contributed by atoms with Gasteiger partial charge in [-0.15, -0.1) is 0 Å². The largest absolute Gasteiger partial charge is 0.393 e. The lowest BCUT2D eigenvalue weighted by molar-refractivity contribution is -0.137. The molecular weight excluding hydrogens is 316 g/mol. The SMILES string of the molecule is C[C@@]1(F)[C@H](O)[C@](CO)(CF)O[C@H]1n1cnc2c(=O)[nH]c(N)nc21. The van der Waals surface area contributed by atoms with Crippen LogP contribution in [-0.2, 0) is 4.74 Å². The van der Waals surface area contributed by atoms with Crippen LogP contribution in [0.5, 0.6) is 0 Å². The highest BCUT2D eigenvalue weighted by Crippen LogP contribution is 2.47. The zero-order valence-corrected chi connectivity index (χ0v) is 12.0. The van der Waals surface area contributed by atoms with E-state index in [4.69, 9.17) is 10.5 Å².